The number of rotatable bonds is 5. The maximum Gasteiger partial charge on any atom is 0.322 e. The molecule has 2 amide bonds. The summed E-state index contributed by atoms with van der Waals surface area (Å²) in [6, 6.07) is 12.3. The first-order valence-electron chi connectivity index (χ1n) is 9.25. The van der Waals surface area contributed by atoms with Crippen molar-refractivity contribution in [3.63, 3.8) is 0 Å². The second-order valence-electron chi connectivity index (χ2n) is 6.47. The van der Waals surface area contributed by atoms with Gasteiger partial charge in [0.2, 0.25) is 0 Å². The Bertz CT molecular complexity index is 1060. The molecule has 0 bridgehead atoms. The summed E-state index contributed by atoms with van der Waals surface area (Å²) in [6.45, 7) is 4.13. The molecule has 3 aromatic rings. The number of benzene rings is 2. The van der Waals surface area contributed by atoms with E-state index in [0.717, 1.165) is 0 Å². The van der Waals surface area contributed by atoms with E-state index in [1.807, 2.05) is 19.9 Å². The number of nitrogens with one attached hydrogen (secondary N) is 1. The van der Waals surface area contributed by atoms with Crippen LogP contribution in [0.25, 0.3) is 10.9 Å². The van der Waals surface area contributed by atoms with Gasteiger partial charge in [0.25, 0.3) is 5.56 Å². The fourth-order valence-corrected chi connectivity index (χ4v) is 3.33. The predicted molar refractivity (Wildman–Crippen MR) is 108 cm³/mol. The lowest BCUT2D eigenvalue weighted by Gasteiger charge is -2.31. The van der Waals surface area contributed by atoms with E-state index < -0.39 is 17.9 Å². The second kappa shape index (κ2) is 8.21. The Hall–Kier alpha value is -3.22. The predicted octanol–water partition coefficient (Wildman–Crippen LogP) is 4.08. The van der Waals surface area contributed by atoms with Crippen LogP contribution in [0.15, 0.2) is 53.3 Å². The third-order valence-corrected chi connectivity index (χ3v) is 4.80. The minimum Gasteiger partial charge on any atom is -0.315 e. The summed E-state index contributed by atoms with van der Waals surface area (Å²) >= 11 is 0. The van der Waals surface area contributed by atoms with Gasteiger partial charge in [-0.25, -0.2) is 14.2 Å². The smallest absolute Gasteiger partial charge is 0.315 e. The highest BCUT2D eigenvalue weighted by molar-refractivity contribution is 5.89. The zero-order valence-electron chi connectivity index (χ0n) is 16.1. The minimum atomic E-state index is -0.504. The van der Waals surface area contributed by atoms with Crippen LogP contribution in [0.5, 0.6) is 0 Å². The molecule has 0 saturated heterocycles. The Morgan fingerprint density at radius 2 is 1.86 bits per heavy atom. The summed E-state index contributed by atoms with van der Waals surface area (Å²) in [5, 5.41) is 3.14. The van der Waals surface area contributed by atoms with E-state index >= 15 is 0 Å². The molecule has 0 radical (unpaired) electrons. The van der Waals surface area contributed by atoms with Crippen LogP contribution in [-0.2, 0) is 7.05 Å². The molecule has 1 heterocycles. The third-order valence-electron chi connectivity index (χ3n) is 4.80. The van der Waals surface area contributed by atoms with Crippen LogP contribution in [0.3, 0.4) is 0 Å². The molecule has 0 aliphatic carbocycles. The van der Waals surface area contributed by atoms with Gasteiger partial charge in [-0.15, -0.1) is 0 Å². The van der Waals surface area contributed by atoms with Crippen LogP contribution in [0.1, 0.15) is 32.1 Å². The van der Waals surface area contributed by atoms with Gasteiger partial charge in [-0.05, 0) is 37.6 Å². The molecule has 0 saturated carbocycles. The molecule has 1 N–H and O–H groups in total. The van der Waals surface area contributed by atoms with Crippen molar-refractivity contribution >= 4 is 22.6 Å². The summed E-state index contributed by atoms with van der Waals surface area (Å²) in [5.41, 5.74) is 0.537. The molecule has 0 fully saturated rings. The summed E-state index contributed by atoms with van der Waals surface area (Å²) < 4.78 is 15.4. The topological polar surface area (TPSA) is 67.2 Å². The molecular formula is C21H23FN4O2. The maximum absolute atomic E-state index is 13.9. The molecule has 146 valence electrons. The number of para-hydroxylation sites is 2. The zero-order chi connectivity index (χ0) is 20.3. The van der Waals surface area contributed by atoms with Crippen LogP contribution in [-0.4, -0.2) is 27.0 Å². The number of fused-ring (bicyclic) bond motifs is 1. The Labute approximate surface area is 162 Å². The van der Waals surface area contributed by atoms with E-state index in [-0.39, 0.29) is 11.2 Å². The molecule has 0 aliphatic rings. The number of hydrogen-bond acceptors (Lipinski definition) is 3. The maximum atomic E-state index is 13.9. The van der Waals surface area contributed by atoms with Crippen molar-refractivity contribution in [1.29, 1.82) is 0 Å². The zero-order valence-corrected chi connectivity index (χ0v) is 16.1. The van der Waals surface area contributed by atoms with Crippen molar-refractivity contribution in [3.05, 3.63) is 70.5 Å². The van der Waals surface area contributed by atoms with Crippen molar-refractivity contribution in [2.75, 3.05) is 11.9 Å². The fourth-order valence-electron chi connectivity index (χ4n) is 3.33. The van der Waals surface area contributed by atoms with E-state index in [4.69, 9.17) is 0 Å². The standard InChI is InChI=1S/C21H23FN4O2/c1-4-18(19-23-16-12-8-6-10-14(16)20(27)25(19)3)26(5-2)21(28)24-17-13-9-7-11-15(17)22/h6-13,18H,4-5H2,1-3H3,(H,24,28). The van der Waals surface area contributed by atoms with Crippen molar-refractivity contribution in [2.24, 2.45) is 7.05 Å². The quantitative estimate of drug-likeness (QED) is 0.723. The molecule has 2 aromatic carbocycles. The monoisotopic (exact) mass is 382 g/mol. The lowest BCUT2D eigenvalue weighted by atomic mass is 10.1. The molecular weight excluding hydrogens is 359 g/mol. The van der Waals surface area contributed by atoms with E-state index in [0.29, 0.717) is 29.7 Å². The minimum absolute atomic E-state index is 0.112. The molecule has 0 spiro atoms. The van der Waals surface area contributed by atoms with Crippen molar-refractivity contribution in [3.8, 4) is 0 Å². The molecule has 1 atom stereocenters. The van der Waals surface area contributed by atoms with Crippen LogP contribution in [0, 0.1) is 5.82 Å². The molecule has 28 heavy (non-hydrogen) atoms. The van der Waals surface area contributed by atoms with Gasteiger partial charge >= 0.3 is 6.03 Å². The second-order valence-corrected chi connectivity index (χ2v) is 6.47. The largest absolute Gasteiger partial charge is 0.322 e. The van der Waals surface area contributed by atoms with Crippen LogP contribution >= 0.6 is 0 Å². The fraction of sp³-hybridized carbons (Fsp3) is 0.286. The van der Waals surface area contributed by atoms with Gasteiger partial charge in [0.15, 0.2) is 0 Å². The molecule has 3 rings (SSSR count). The number of amides is 2. The van der Waals surface area contributed by atoms with E-state index in [2.05, 4.69) is 10.3 Å². The SMILES string of the molecule is CCC(c1nc2ccccc2c(=O)n1C)N(CC)C(=O)Nc1ccccc1F. The highest BCUT2D eigenvalue weighted by Gasteiger charge is 2.27. The average molecular weight is 382 g/mol. The van der Waals surface area contributed by atoms with Crippen molar-refractivity contribution < 1.29 is 9.18 Å². The highest BCUT2D eigenvalue weighted by atomic mass is 19.1. The van der Waals surface area contributed by atoms with Gasteiger partial charge in [-0.3, -0.25) is 9.36 Å². The highest BCUT2D eigenvalue weighted by Crippen LogP contribution is 2.24. The Morgan fingerprint density at radius 1 is 1.18 bits per heavy atom. The Balaban J connectivity index is 2.00. The number of urea groups is 1. The van der Waals surface area contributed by atoms with Crippen LogP contribution < -0.4 is 10.9 Å². The van der Waals surface area contributed by atoms with Gasteiger partial charge in [0.1, 0.15) is 11.6 Å². The number of aromatic nitrogens is 2. The first kappa shape index (κ1) is 19.5. The lowest BCUT2D eigenvalue weighted by Crippen LogP contribution is -2.40. The number of anilines is 1. The Morgan fingerprint density at radius 3 is 2.54 bits per heavy atom. The number of carbonyl (C=O) groups excluding carboxylic acids is 1. The molecule has 1 unspecified atom stereocenters. The molecule has 6 nitrogen and oxygen atoms in total. The Kier molecular flexibility index (Phi) is 5.73. The summed E-state index contributed by atoms with van der Waals surface area (Å²) in [7, 11) is 1.66. The van der Waals surface area contributed by atoms with E-state index in [1.54, 1.807) is 42.3 Å². The van der Waals surface area contributed by atoms with Crippen molar-refractivity contribution in [1.82, 2.24) is 14.5 Å². The van der Waals surface area contributed by atoms with Crippen molar-refractivity contribution in [2.45, 2.75) is 26.3 Å². The summed E-state index contributed by atoms with van der Waals surface area (Å²) in [6.07, 6.45) is 0.553. The van der Waals surface area contributed by atoms with Gasteiger partial charge in [0, 0.05) is 13.6 Å². The molecule has 7 heteroatoms. The molecule has 0 aliphatic heterocycles. The van der Waals surface area contributed by atoms with Crippen LogP contribution in [0.4, 0.5) is 14.9 Å². The number of halogens is 1. The summed E-state index contributed by atoms with van der Waals surface area (Å²) in [4.78, 5) is 31.8. The van der Waals surface area contributed by atoms with E-state index in [1.165, 1.54) is 16.7 Å². The first-order valence-corrected chi connectivity index (χ1v) is 9.25. The lowest BCUT2D eigenvalue weighted by molar-refractivity contribution is 0.185. The number of nitrogens with zero attached hydrogens (tertiary/aromatic N) is 3. The van der Waals surface area contributed by atoms with Gasteiger partial charge in [0.05, 0.1) is 22.6 Å². The summed E-state index contributed by atoms with van der Waals surface area (Å²) in [5.74, 6) is -0.00656. The normalized spacial score (nSPS) is 12.0. The number of carbonyl (C=O) groups is 1. The average Bonchev–Trinajstić information content (AvgIpc) is 2.70. The van der Waals surface area contributed by atoms with Gasteiger partial charge in [-0.1, -0.05) is 31.2 Å². The van der Waals surface area contributed by atoms with Gasteiger partial charge in [-0.2, -0.15) is 0 Å². The van der Waals surface area contributed by atoms with Gasteiger partial charge < -0.3 is 10.2 Å². The van der Waals surface area contributed by atoms with Crippen LogP contribution in [0.2, 0.25) is 0 Å². The van der Waals surface area contributed by atoms with E-state index in [9.17, 15) is 14.0 Å². The number of hydrogen-bond donors (Lipinski definition) is 1. The third kappa shape index (κ3) is 3.60. The molecule has 1 aromatic heterocycles. The first-order chi connectivity index (χ1) is 13.5.